The van der Waals surface area contributed by atoms with Crippen molar-refractivity contribution in [1.29, 1.82) is 0 Å². The molecule has 3 aromatic rings. The summed E-state index contributed by atoms with van der Waals surface area (Å²) in [4.78, 5) is 32.5. The minimum Gasteiger partial charge on any atom is -0.363 e. The molecule has 0 fully saturated rings. The van der Waals surface area contributed by atoms with E-state index in [1.165, 1.54) is 11.8 Å². The predicted molar refractivity (Wildman–Crippen MR) is 117 cm³/mol. The number of carbonyl (C=O) groups is 2. The highest BCUT2D eigenvalue weighted by atomic mass is 32.2. The summed E-state index contributed by atoms with van der Waals surface area (Å²) in [5.74, 6) is 0.559. The van der Waals surface area contributed by atoms with Crippen LogP contribution in [0.15, 0.2) is 59.5 Å². The summed E-state index contributed by atoms with van der Waals surface area (Å²) in [7, 11) is 3.88. The number of nitrogens with zero attached hydrogens (tertiary/aromatic N) is 2. The number of hydrogen-bond acceptors (Lipinski definition) is 5. The second kappa shape index (κ2) is 8.13. The van der Waals surface area contributed by atoms with Crippen molar-refractivity contribution in [2.24, 2.45) is 0 Å². The molecule has 1 aromatic heterocycles. The second-order valence-corrected chi connectivity index (χ2v) is 8.37. The lowest BCUT2D eigenvalue weighted by Gasteiger charge is -2.23. The van der Waals surface area contributed by atoms with Crippen molar-refractivity contribution in [2.45, 2.75) is 23.1 Å². The van der Waals surface area contributed by atoms with E-state index in [1.54, 1.807) is 0 Å². The first kappa shape index (κ1) is 19.3. The minimum atomic E-state index is -0.434. The molecule has 0 spiro atoms. The molecule has 2 amide bonds. The van der Waals surface area contributed by atoms with Crippen molar-refractivity contribution < 1.29 is 9.59 Å². The molecule has 29 heavy (non-hydrogen) atoms. The quantitative estimate of drug-likeness (QED) is 0.679. The summed E-state index contributed by atoms with van der Waals surface area (Å²) >= 11 is 1.43. The number of pyridine rings is 1. The van der Waals surface area contributed by atoms with Gasteiger partial charge in [0.2, 0.25) is 11.8 Å². The van der Waals surface area contributed by atoms with Gasteiger partial charge < -0.3 is 15.5 Å². The fraction of sp³-hybridized carbons (Fsp3) is 0.227. The first-order valence-electron chi connectivity index (χ1n) is 9.40. The van der Waals surface area contributed by atoms with Crippen LogP contribution < -0.4 is 15.5 Å². The summed E-state index contributed by atoms with van der Waals surface area (Å²) in [5.41, 5.74) is 2.69. The van der Waals surface area contributed by atoms with E-state index in [9.17, 15) is 9.59 Å². The van der Waals surface area contributed by atoms with Gasteiger partial charge in [0, 0.05) is 37.3 Å². The second-order valence-electron chi connectivity index (χ2n) is 7.12. The van der Waals surface area contributed by atoms with Crippen molar-refractivity contribution >= 4 is 46.0 Å². The van der Waals surface area contributed by atoms with Crippen LogP contribution in [-0.4, -0.2) is 36.1 Å². The van der Waals surface area contributed by atoms with Gasteiger partial charge in [0.1, 0.15) is 5.82 Å². The van der Waals surface area contributed by atoms with Crippen LogP contribution in [0.4, 0.5) is 11.5 Å². The fourth-order valence-corrected chi connectivity index (χ4v) is 4.38. The Bertz CT molecular complexity index is 1080. The predicted octanol–water partition coefficient (Wildman–Crippen LogP) is 3.42. The van der Waals surface area contributed by atoms with Gasteiger partial charge in [-0.05, 0) is 29.8 Å². The van der Waals surface area contributed by atoms with E-state index in [-0.39, 0.29) is 18.2 Å². The van der Waals surface area contributed by atoms with Gasteiger partial charge >= 0.3 is 0 Å². The van der Waals surface area contributed by atoms with Gasteiger partial charge in [0.05, 0.1) is 16.5 Å². The number of amides is 2. The summed E-state index contributed by atoms with van der Waals surface area (Å²) in [6.07, 6.45) is 0.133. The standard InChI is InChI=1S/C22H22N4O2S/c1-26(2)20-11-14(15-7-3-4-8-16(15)24-20)13-23-21(27)12-19-22(28)25-17-9-5-6-10-18(17)29-19/h3-11,19H,12-13H2,1-2H3,(H,23,27)(H,25,28). The van der Waals surface area contributed by atoms with Gasteiger partial charge in [0.25, 0.3) is 0 Å². The van der Waals surface area contributed by atoms with Crippen molar-refractivity contribution in [1.82, 2.24) is 10.3 Å². The maximum Gasteiger partial charge on any atom is 0.238 e. The molecular formula is C22H22N4O2S. The Hall–Kier alpha value is -3.06. The number of carbonyl (C=O) groups excluding carboxylic acids is 2. The van der Waals surface area contributed by atoms with Crippen molar-refractivity contribution in [3.8, 4) is 0 Å². The topological polar surface area (TPSA) is 74.3 Å². The van der Waals surface area contributed by atoms with E-state index in [0.29, 0.717) is 6.54 Å². The first-order chi connectivity index (χ1) is 14.0. The van der Waals surface area contributed by atoms with E-state index < -0.39 is 5.25 Å². The Morgan fingerprint density at radius 3 is 2.76 bits per heavy atom. The van der Waals surface area contributed by atoms with Gasteiger partial charge in [-0.25, -0.2) is 4.98 Å². The average molecular weight is 407 g/mol. The monoisotopic (exact) mass is 406 g/mol. The number of fused-ring (bicyclic) bond motifs is 2. The number of anilines is 2. The van der Waals surface area contributed by atoms with Crippen LogP contribution in [0, 0.1) is 0 Å². The molecular weight excluding hydrogens is 384 g/mol. The zero-order valence-electron chi connectivity index (χ0n) is 16.3. The molecule has 1 atom stereocenters. The Kier molecular flexibility index (Phi) is 5.40. The molecule has 1 aliphatic rings. The van der Waals surface area contributed by atoms with E-state index in [0.717, 1.165) is 32.9 Å². The molecule has 148 valence electrons. The lowest BCUT2D eigenvalue weighted by Crippen LogP contribution is -2.34. The molecule has 0 bridgehead atoms. The van der Waals surface area contributed by atoms with E-state index >= 15 is 0 Å². The number of thioether (sulfide) groups is 1. The molecule has 0 saturated carbocycles. The molecule has 0 radical (unpaired) electrons. The molecule has 2 heterocycles. The van der Waals surface area contributed by atoms with Crippen molar-refractivity contribution in [3.05, 3.63) is 60.2 Å². The molecule has 1 unspecified atom stereocenters. The smallest absolute Gasteiger partial charge is 0.238 e. The largest absolute Gasteiger partial charge is 0.363 e. The zero-order chi connectivity index (χ0) is 20.4. The lowest BCUT2D eigenvalue weighted by molar-refractivity contribution is -0.124. The van der Waals surface area contributed by atoms with Crippen molar-refractivity contribution in [3.63, 3.8) is 0 Å². The normalized spacial score (nSPS) is 15.5. The third kappa shape index (κ3) is 4.19. The highest BCUT2D eigenvalue weighted by Gasteiger charge is 2.28. The molecule has 0 aliphatic carbocycles. The molecule has 1 aliphatic heterocycles. The summed E-state index contributed by atoms with van der Waals surface area (Å²) < 4.78 is 0. The molecule has 2 N–H and O–H groups in total. The minimum absolute atomic E-state index is 0.131. The molecule has 4 rings (SSSR count). The van der Waals surface area contributed by atoms with E-state index in [1.807, 2.05) is 73.6 Å². The van der Waals surface area contributed by atoms with Gasteiger partial charge in [0.15, 0.2) is 0 Å². The Morgan fingerprint density at radius 1 is 1.17 bits per heavy atom. The SMILES string of the molecule is CN(C)c1cc(CNC(=O)CC2Sc3ccccc3NC2=O)c2ccccc2n1. The fourth-order valence-electron chi connectivity index (χ4n) is 3.27. The van der Waals surface area contributed by atoms with Crippen LogP contribution in [-0.2, 0) is 16.1 Å². The van der Waals surface area contributed by atoms with Crippen LogP contribution in [0.25, 0.3) is 10.9 Å². The summed E-state index contributed by atoms with van der Waals surface area (Å²) in [5, 5.41) is 6.43. The Labute approximate surface area is 173 Å². The average Bonchev–Trinajstić information content (AvgIpc) is 2.72. The molecule has 2 aromatic carbocycles. The van der Waals surface area contributed by atoms with E-state index in [4.69, 9.17) is 0 Å². The maximum absolute atomic E-state index is 12.6. The van der Waals surface area contributed by atoms with Crippen LogP contribution in [0.2, 0.25) is 0 Å². The van der Waals surface area contributed by atoms with Crippen molar-refractivity contribution in [2.75, 3.05) is 24.3 Å². The van der Waals surface area contributed by atoms with Crippen LogP contribution in [0.3, 0.4) is 0 Å². The van der Waals surface area contributed by atoms with Crippen LogP contribution in [0.1, 0.15) is 12.0 Å². The summed E-state index contributed by atoms with van der Waals surface area (Å²) in [6, 6.07) is 17.5. The third-order valence-corrected chi connectivity index (χ3v) is 6.08. The summed E-state index contributed by atoms with van der Waals surface area (Å²) in [6.45, 7) is 0.387. The number of aromatic nitrogens is 1. The number of para-hydroxylation sites is 2. The zero-order valence-corrected chi connectivity index (χ0v) is 17.1. The highest BCUT2D eigenvalue weighted by Crippen LogP contribution is 2.36. The highest BCUT2D eigenvalue weighted by molar-refractivity contribution is 8.01. The maximum atomic E-state index is 12.6. The molecule has 0 saturated heterocycles. The van der Waals surface area contributed by atoms with Gasteiger partial charge in [-0.3, -0.25) is 9.59 Å². The first-order valence-corrected chi connectivity index (χ1v) is 10.3. The molecule has 7 heteroatoms. The number of hydrogen-bond donors (Lipinski definition) is 2. The third-order valence-electron chi connectivity index (χ3n) is 4.80. The van der Waals surface area contributed by atoms with Crippen LogP contribution in [0.5, 0.6) is 0 Å². The van der Waals surface area contributed by atoms with Gasteiger partial charge in [-0.15, -0.1) is 11.8 Å². The Balaban J connectivity index is 1.46. The molecule has 6 nitrogen and oxygen atoms in total. The Morgan fingerprint density at radius 2 is 1.93 bits per heavy atom. The van der Waals surface area contributed by atoms with Gasteiger partial charge in [-0.1, -0.05) is 30.3 Å². The number of benzene rings is 2. The van der Waals surface area contributed by atoms with Crippen LogP contribution >= 0.6 is 11.8 Å². The number of rotatable bonds is 5. The lowest BCUT2D eigenvalue weighted by atomic mass is 10.1. The van der Waals surface area contributed by atoms with E-state index in [2.05, 4.69) is 15.6 Å². The number of nitrogens with one attached hydrogen (secondary N) is 2. The van der Waals surface area contributed by atoms with Gasteiger partial charge in [-0.2, -0.15) is 0 Å².